The molecule has 0 saturated heterocycles. The van der Waals surface area contributed by atoms with Crippen LogP contribution in [0, 0.1) is 17.6 Å². The normalized spacial score (nSPS) is 18.8. The second kappa shape index (κ2) is 14.2. The maximum Gasteiger partial charge on any atom is 0.435 e. The van der Waals surface area contributed by atoms with Gasteiger partial charge in [-0.25, -0.2) is 13.8 Å². The molecule has 298 valence electrons. The van der Waals surface area contributed by atoms with E-state index in [1.165, 1.54) is 10.9 Å². The molecule has 2 aromatic carbocycles. The Hall–Kier alpha value is -4.48. The number of carbonyl (C=O) groups is 1. The summed E-state index contributed by atoms with van der Waals surface area (Å²) in [7, 11) is 0.723. The Morgan fingerprint density at radius 3 is 2.45 bits per heavy atom. The van der Waals surface area contributed by atoms with Crippen LogP contribution in [0.25, 0.3) is 22.0 Å². The Labute approximate surface area is 322 Å². The Bertz CT molecular complexity index is 2480. The highest BCUT2D eigenvalue weighted by molar-refractivity contribution is 7.98. The van der Waals surface area contributed by atoms with Gasteiger partial charge in [-0.15, -0.1) is 0 Å². The molecule has 9 nitrogen and oxygen atoms in total. The molecule has 2 aliphatic carbocycles. The van der Waals surface area contributed by atoms with E-state index < -0.39 is 86.7 Å². The Morgan fingerprint density at radius 2 is 1.80 bits per heavy atom. The summed E-state index contributed by atoms with van der Waals surface area (Å²) in [5.41, 5.74) is -0.823. The molecule has 0 radical (unpaired) electrons. The van der Waals surface area contributed by atoms with Crippen LogP contribution in [0.4, 0.5) is 36.6 Å². The fourth-order valence-corrected chi connectivity index (χ4v) is 8.97. The van der Waals surface area contributed by atoms with Crippen LogP contribution >= 0.6 is 11.6 Å². The number of anilines is 1. The summed E-state index contributed by atoms with van der Waals surface area (Å²) in [6.45, 7) is -1.04. The zero-order valence-corrected chi connectivity index (χ0v) is 31.9. The topological polar surface area (TPSA) is 106 Å². The Balaban J connectivity index is 1.38. The highest BCUT2D eigenvalue weighted by atomic mass is 35.5. The fourth-order valence-electron chi connectivity index (χ4n) is 7.92. The van der Waals surface area contributed by atoms with Gasteiger partial charge < -0.3 is 10.0 Å². The van der Waals surface area contributed by atoms with Crippen molar-refractivity contribution in [3.63, 3.8) is 0 Å². The summed E-state index contributed by atoms with van der Waals surface area (Å²) in [6.07, 6.45) is -4.41. The van der Waals surface area contributed by atoms with Gasteiger partial charge in [0.1, 0.15) is 29.7 Å². The number of pyridine rings is 1. The first-order chi connectivity index (χ1) is 26.2. The van der Waals surface area contributed by atoms with Crippen molar-refractivity contribution in [2.24, 2.45) is 13.0 Å². The van der Waals surface area contributed by atoms with E-state index in [1.54, 1.807) is 43.3 Å². The molecule has 0 amide bonds. The minimum Gasteiger partial charge on any atom is -0.395 e. The number of carbonyl (C=O) groups excluding carboxylic acids is 1. The molecule has 2 aliphatic rings. The van der Waals surface area contributed by atoms with Gasteiger partial charge in [0.2, 0.25) is 0 Å². The largest absolute Gasteiger partial charge is 0.435 e. The molecule has 0 spiro atoms. The number of alkyl halides is 5. The third-order valence-corrected chi connectivity index (χ3v) is 11.5. The summed E-state index contributed by atoms with van der Waals surface area (Å²) in [5.74, 6) is -5.51. The maximum atomic E-state index is 15.4. The minimum atomic E-state index is -5.04. The number of halogens is 8. The summed E-state index contributed by atoms with van der Waals surface area (Å²) >= 11 is 6.69. The smallest absolute Gasteiger partial charge is 0.395 e. The highest BCUT2D eigenvalue weighted by Gasteiger charge is 2.68. The zero-order chi connectivity index (χ0) is 40.6. The van der Waals surface area contributed by atoms with Gasteiger partial charge in [0, 0.05) is 73.3 Å². The summed E-state index contributed by atoms with van der Waals surface area (Å²) in [5, 5.41) is 18.5. The molecule has 18 heteroatoms. The molecule has 0 bridgehead atoms. The molecule has 7 rings (SSSR count). The first-order valence-electron chi connectivity index (χ1n) is 17.5. The first kappa shape index (κ1) is 39.7. The van der Waals surface area contributed by atoms with Gasteiger partial charge in [-0.1, -0.05) is 17.7 Å². The number of aliphatic hydroxyl groups is 1. The van der Waals surface area contributed by atoms with Gasteiger partial charge in [-0.05, 0) is 70.0 Å². The molecule has 1 unspecified atom stereocenters. The summed E-state index contributed by atoms with van der Waals surface area (Å²) in [6, 6.07) is 9.44. The van der Waals surface area contributed by atoms with Crippen molar-refractivity contribution in [2.75, 3.05) is 31.4 Å². The average Bonchev–Trinajstić information content (AvgIpc) is 3.62. The van der Waals surface area contributed by atoms with Crippen molar-refractivity contribution in [1.82, 2.24) is 24.5 Å². The molecular weight excluding hydrogens is 789 g/mol. The van der Waals surface area contributed by atoms with Crippen molar-refractivity contribution in [3.8, 4) is 11.1 Å². The van der Waals surface area contributed by atoms with Crippen LogP contribution in [0.1, 0.15) is 58.6 Å². The number of ketones is 1. The number of hydrogen-bond donors (Lipinski definition) is 1. The number of aryl methyl sites for hydroxylation is 1. The predicted octanol–water partition coefficient (Wildman–Crippen LogP) is 7.25. The molecule has 3 heterocycles. The van der Waals surface area contributed by atoms with Crippen LogP contribution in [-0.2, 0) is 52.2 Å². The summed E-state index contributed by atoms with van der Waals surface area (Å²) < 4.78 is 117. The monoisotopic (exact) mass is 824 g/mol. The van der Waals surface area contributed by atoms with E-state index in [1.807, 2.05) is 0 Å². The molecule has 56 heavy (non-hydrogen) atoms. The number of benzene rings is 2. The molecule has 1 N–H and O–H groups in total. The minimum absolute atomic E-state index is 0.000498. The van der Waals surface area contributed by atoms with E-state index in [4.69, 9.17) is 16.6 Å². The third-order valence-electron chi connectivity index (χ3n) is 10.3. The SMILES string of the molecule is C=S(C)(=O)Cc1nn(C)c2c(-c3ccc(N(C)CCO)nc3[C@@H](CC(=O)Cn3nc(C(F)(F)F)c4c3C(F)(F)[C@@H]3C[C@H]43)Cc3cc(F)cc(F)c3)ccc(Cl)c12. The Kier molecular flexibility index (Phi) is 10.1. The van der Waals surface area contributed by atoms with Gasteiger partial charge in [-0.3, -0.25) is 18.4 Å². The van der Waals surface area contributed by atoms with E-state index in [0.29, 0.717) is 49.3 Å². The van der Waals surface area contributed by atoms with E-state index >= 15 is 8.78 Å². The molecular formula is C38H36ClF7N6O3S. The molecule has 5 aromatic rings. The van der Waals surface area contributed by atoms with Crippen LogP contribution in [0.15, 0.2) is 42.5 Å². The number of hydrogen-bond acceptors (Lipinski definition) is 7. The standard InChI is InChI=1S/C38H36ClF7N6O3S/c1-50(9-10-53)30-8-6-24(25-5-7-28(39)32-29(18-56(3,4)55)48-51(2)34(25)32)33(47-30)20(11-19-12-21(40)15-22(41)13-19)14-23(54)17-52-36-31(35(49-52)38(44,45)46)26-16-27(26)37(36,42)43/h5-8,12-13,15,20,26-27,53H,3,9-11,14,16-18H2,1-2,4H3/t20-,26+,27-,56?/m1/s1. The van der Waals surface area contributed by atoms with Gasteiger partial charge in [0.05, 0.1) is 34.3 Å². The fraction of sp³-hybridized carbons (Fsp3) is 0.395. The van der Waals surface area contributed by atoms with Gasteiger partial charge in [0.15, 0.2) is 11.5 Å². The van der Waals surface area contributed by atoms with Crippen LogP contribution in [0.3, 0.4) is 0 Å². The molecule has 1 fully saturated rings. The lowest BCUT2D eigenvalue weighted by Crippen LogP contribution is -2.25. The number of rotatable bonds is 13. The van der Waals surface area contributed by atoms with E-state index in [-0.39, 0.29) is 43.0 Å². The lowest BCUT2D eigenvalue weighted by Gasteiger charge is -2.24. The van der Waals surface area contributed by atoms with Gasteiger partial charge >= 0.3 is 6.18 Å². The lowest BCUT2D eigenvalue weighted by atomic mass is 9.86. The molecule has 3 aromatic heterocycles. The van der Waals surface area contributed by atoms with E-state index in [9.17, 15) is 36.1 Å². The van der Waals surface area contributed by atoms with Crippen LogP contribution < -0.4 is 4.90 Å². The number of nitrogens with zero attached hydrogens (tertiary/aromatic N) is 6. The number of aliphatic hydroxyl groups excluding tert-OH is 1. The Morgan fingerprint density at radius 1 is 1.12 bits per heavy atom. The van der Waals surface area contributed by atoms with E-state index in [2.05, 4.69) is 16.1 Å². The second-order valence-corrected chi connectivity index (χ2v) is 17.8. The van der Waals surface area contributed by atoms with Crippen LogP contribution in [0.2, 0.25) is 5.02 Å². The quantitative estimate of drug-likeness (QED) is 0.0986. The number of fused-ring (bicyclic) bond motifs is 4. The zero-order valence-electron chi connectivity index (χ0n) is 30.3. The van der Waals surface area contributed by atoms with Crippen molar-refractivity contribution >= 4 is 49.5 Å². The van der Waals surface area contributed by atoms with Crippen molar-refractivity contribution in [2.45, 2.75) is 55.5 Å². The molecule has 4 atom stereocenters. The lowest BCUT2D eigenvalue weighted by molar-refractivity contribution is -0.142. The predicted molar refractivity (Wildman–Crippen MR) is 199 cm³/mol. The third kappa shape index (κ3) is 7.40. The number of likely N-dealkylation sites (N-methyl/N-ethyl adjacent to an activating group) is 1. The number of Topliss-reactive ketones (excluding diaryl/α,β-unsaturated/α-hetero) is 1. The molecule has 0 aliphatic heterocycles. The van der Waals surface area contributed by atoms with Gasteiger partial charge in [-0.2, -0.15) is 32.1 Å². The van der Waals surface area contributed by atoms with Crippen LogP contribution in [-0.4, -0.2) is 72.0 Å². The maximum absolute atomic E-state index is 15.4. The average molecular weight is 825 g/mol. The van der Waals surface area contributed by atoms with Crippen molar-refractivity contribution in [1.29, 1.82) is 0 Å². The molecule has 1 saturated carbocycles. The first-order valence-corrected chi connectivity index (χ1v) is 20.2. The number of aromatic nitrogens is 5. The summed E-state index contributed by atoms with van der Waals surface area (Å²) in [4.78, 5) is 20.5. The second-order valence-electron chi connectivity index (χ2n) is 14.7. The van der Waals surface area contributed by atoms with Crippen molar-refractivity contribution in [3.05, 3.63) is 93.0 Å². The van der Waals surface area contributed by atoms with Crippen molar-refractivity contribution < 1.29 is 44.8 Å². The van der Waals surface area contributed by atoms with Gasteiger partial charge in [0.25, 0.3) is 5.92 Å². The van der Waals surface area contributed by atoms with Crippen LogP contribution in [0.5, 0.6) is 0 Å². The van der Waals surface area contributed by atoms with E-state index in [0.717, 1.165) is 12.1 Å². The highest BCUT2D eigenvalue weighted by Crippen LogP contribution is 2.68.